The molecule has 27 heavy (non-hydrogen) atoms. The monoisotopic (exact) mass is 375 g/mol. The number of likely N-dealkylation sites (tertiary alicyclic amines) is 1. The van der Waals surface area contributed by atoms with Crippen molar-refractivity contribution in [2.45, 2.75) is 45.7 Å². The summed E-state index contributed by atoms with van der Waals surface area (Å²) in [5.74, 6) is -0.357. The van der Waals surface area contributed by atoms with Gasteiger partial charge in [0.1, 0.15) is 0 Å². The maximum Gasteiger partial charge on any atom is 0.317 e. The first-order chi connectivity index (χ1) is 12.8. The first-order valence-electron chi connectivity index (χ1n) is 9.86. The minimum Gasteiger partial charge on any atom is -0.480 e. The summed E-state index contributed by atoms with van der Waals surface area (Å²) < 4.78 is 0. The molecule has 0 saturated carbocycles. The van der Waals surface area contributed by atoms with Crippen molar-refractivity contribution in [3.8, 4) is 0 Å². The van der Waals surface area contributed by atoms with Gasteiger partial charge in [-0.05, 0) is 63.0 Å². The number of benzene rings is 1. The molecule has 0 spiro atoms. The molecule has 1 aliphatic rings. The predicted molar refractivity (Wildman–Crippen MR) is 107 cm³/mol. The van der Waals surface area contributed by atoms with Crippen molar-refractivity contribution < 1.29 is 14.7 Å². The third kappa shape index (κ3) is 7.31. The molecule has 1 aromatic carbocycles. The second kappa shape index (κ2) is 10.4. The van der Waals surface area contributed by atoms with E-state index in [9.17, 15) is 9.59 Å². The molecule has 1 amide bonds. The number of likely N-dealkylation sites (N-methyl/N-ethyl adjacent to an activating group) is 1. The van der Waals surface area contributed by atoms with Gasteiger partial charge in [0.15, 0.2) is 0 Å². The molecule has 1 heterocycles. The summed E-state index contributed by atoms with van der Waals surface area (Å²) >= 11 is 0. The number of carbonyl (C=O) groups excluding carboxylic acids is 1. The van der Waals surface area contributed by atoms with Crippen LogP contribution in [-0.2, 0) is 11.3 Å². The average Bonchev–Trinajstić information content (AvgIpc) is 2.85. The first kappa shape index (κ1) is 21.4. The summed E-state index contributed by atoms with van der Waals surface area (Å²) in [5, 5.41) is 12.0. The standard InChI is InChI=1S/C21H33N3O3/c1-16(2)13-22-21(27)18-7-4-6-17(12-18)14-24-10-5-8-19(9-11-24)23(3)15-20(25)26/h4,6-7,12,16,19H,5,8-11,13-15H2,1-3H3,(H,22,27)(H,25,26). The van der Waals surface area contributed by atoms with Crippen LogP contribution in [0.3, 0.4) is 0 Å². The molecule has 2 N–H and O–H groups in total. The Morgan fingerprint density at radius 2 is 2.07 bits per heavy atom. The first-order valence-corrected chi connectivity index (χ1v) is 9.86. The number of hydrogen-bond acceptors (Lipinski definition) is 4. The number of nitrogens with one attached hydrogen (secondary N) is 1. The molecular weight excluding hydrogens is 342 g/mol. The SMILES string of the molecule is CC(C)CNC(=O)c1cccc(CN2CCCC(N(C)CC(=O)O)CC2)c1. The zero-order chi connectivity index (χ0) is 19.8. The normalized spacial score (nSPS) is 18.5. The fourth-order valence-electron chi connectivity index (χ4n) is 3.55. The van der Waals surface area contributed by atoms with Crippen molar-refractivity contribution in [2.24, 2.45) is 5.92 Å². The average molecular weight is 376 g/mol. The molecule has 1 unspecified atom stereocenters. The van der Waals surface area contributed by atoms with E-state index in [-0.39, 0.29) is 12.5 Å². The van der Waals surface area contributed by atoms with Gasteiger partial charge in [0.2, 0.25) is 0 Å². The minimum absolute atomic E-state index is 0.0169. The van der Waals surface area contributed by atoms with Gasteiger partial charge in [-0.2, -0.15) is 0 Å². The highest BCUT2D eigenvalue weighted by atomic mass is 16.4. The van der Waals surface area contributed by atoms with Gasteiger partial charge >= 0.3 is 5.97 Å². The molecule has 6 heteroatoms. The summed E-state index contributed by atoms with van der Waals surface area (Å²) in [7, 11) is 1.90. The Labute approximate surface area is 162 Å². The van der Waals surface area contributed by atoms with Gasteiger partial charge in [-0.3, -0.25) is 19.4 Å². The van der Waals surface area contributed by atoms with Gasteiger partial charge < -0.3 is 10.4 Å². The summed E-state index contributed by atoms with van der Waals surface area (Å²) in [6, 6.07) is 8.17. The van der Waals surface area contributed by atoms with Crippen LogP contribution in [0.25, 0.3) is 0 Å². The van der Waals surface area contributed by atoms with E-state index in [0.717, 1.165) is 44.5 Å². The highest BCUT2D eigenvalue weighted by molar-refractivity contribution is 5.94. The van der Waals surface area contributed by atoms with Crippen LogP contribution < -0.4 is 5.32 Å². The van der Waals surface area contributed by atoms with E-state index in [1.54, 1.807) is 0 Å². The Morgan fingerprint density at radius 3 is 2.78 bits per heavy atom. The molecule has 2 rings (SSSR count). The third-order valence-corrected chi connectivity index (χ3v) is 5.06. The summed E-state index contributed by atoms with van der Waals surface area (Å²) in [5.41, 5.74) is 1.85. The molecule has 0 aromatic heterocycles. The van der Waals surface area contributed by atoms with Crippen molar-refractivity contribution in [3.05, 3.63) is 35.4 Å². The van der Waals surface area contributed by atoms with E-state index in [1.165, 1.54) is 0 Å². The van der Waals surface area contributed by atoms with E-state index in [1.807, 2.05) is 30.1 Å². The molecule has 0 radical (unpaired) electrons. The molecule has 1 saturated heterocycles. The van der Waals surface area contributed by atoms with Gasteiger partial charge in [0, 0.05) is 24.7 Å². The maximum absolute atomic E-state index is 12.3. The van der Waals surface area contributed by atoms with Crippen LogP contribution in [0.1, 0.15) is 49.0 Å². The van der Waals surface area contributed by atoms with E-state index in [4.69, 9.17) is 5.11 Å². The number of carbonyl (C=O) groups is 2. The lowest BCUT2D eigenvalue weighted by atomic mass is 10.1. The Bertz CT molecular complexity index is 633. The fourth-order valence-corrected chi connectivity index (χ4v) is 3.55. The third-order valence-electron chi connectivity index (χ3n) is 5.06. The molecule has 1 fully saturated rings. The smallest absolute Gasteiger partial charge is 0.317 e. The maximum atomic E-state index is 12.3. The van der Waals surface area contributed by atoms with Gasteiger partial charge in [0.05, 0.1) is 6.54 Å². The van der Waals surface area contributed by atoms with E-state index in [2.05, 4.69) is 30.1 Å². The molecular formula is C21H33N3O3. The van der Waals surface area contributed by atoms with Crippen LogP contribution in [0.2, 0.25) is 0 Å². The van der Waals surface area contributed by atoms with Crippen molar-refractivity contribution >= 4 is 11.9 Å². The summed E-state index contributed by atoms with van der Waals surface area (Å²) in [6.45, 7) is 7.70. The number of nitrogens with zero attached hydrogens (tertiary/aromatic N) is 2. The van der Waals surface area contributed by atoms with Crippen molar-refractivity contribution in [2.75, 3.05) is 33.2 Å². The zero-order valence-corrected chi connectivity index (χ0v) is 16.8. The topological polar surface area (TPSA) is 72.9 Å². The van der Waals surface area contributed by atoms with Gasteiger partial charge in [-0.25, -0.2) is 0 Å². The minimum atomic E-state index is -0.772. The molecule has 0 bridgehead atoms. The number of rotatable bonds is 8. The highest BCUT2D eigenvalue weighted by Crippen LogP contribution is 2.18. The number of carboxylic acid groups (broad SMARTS) is 1. The Hall–Kier alpha value is -1.92. The van der Waals surface area contributed by atoms with Crippen molar-refractivity contribution in [1.82, 2.24) is 15.1 Å². The lowest BCUT2D eigenvalue weighted by Crippen LogP contribution is -2.36. The predicted octanol–water partition coefficient (Wildman–Crippen LogP) is 2.44. The number of aliphatic carboxylic acids is 1. The van der Waals surface area contributed by atoms with Crippen molar-refractivity contribution in [3.63, 3.8) is 0 Å². The highest BCUT2D eigenvalue weighted by Gasteiger charge is 2.21. The van der Waals surface area contributed by atoms with Gasteiger partial charge in [-0.1, -0.05) is 26.0 Å². The zero-order valence-electron chi connectivity index (χ0n) is 16.8. The lowest BCUT2D eigenvalue weighted by molar-refractivity contribution is -0.138. The largest absolute Gasteiger partial charge is 0.480 e. The lowest BCUT2D eigenvalue weighted by Gasteiger charge is -2.25. The molecule has 6 nitrogen and oxygen atoms in total. The quantitative estimate of drug-likeness (QED) is 0.730. The summed E-state index contributed by atoms with van der Waals surface area (Å²) in [4.78, 5) is 27.6. The fraction of sp³-hybridized carbons (Fsp3) is 0.619. The summed E-state index contributed by atoms with van der Waals surface area (Å²) in [6.07, 6.45) is 3.06. The van der Waals surface area contributed by atoms with Gasteiger partial charge in [-0.15, -0.1) is 0 Å². The van der Waals surface area contributed by atoms with Gasteiger partial charge in [0.25, 0.3) is 5.91 Å². The van der Waals surface area contributed by atoms with E-state index in [0.29, 0.717) is 24.1 Å². The number of amides is 1. The van der Waals surface area contributed by atoms with E-state index < -0.39 is 5.97 Å². The molecule has 0 aliphatic carbocycles. The molecule has 1 atom stereocenters. The second-order valence-corrected chi connectivity index (χ2v) is 7.97. The van der Waals surface area contributed by atoms with Crippen LogP contribution in [-0.4, -0.2) is 66.1 Å². The van der Waals surface area contributed by atoms with Crippen LogP contribution in [0, 0.1) is 5.92 Å². The Balaban J connectivity index is 1.90. The number of carboxylic acids is 1. The second-order valence-electron chi connectivity index (χ2n) is 7.97. The van der Waals surface area contributed by atoms with Crippen LogP contribution in [0.4, 0.5) is 0 Å². The van der Waals surface area contributed by atoms with Crippen LogP contribution in [0.15, 0.2) is 24.3 Å². The van der Waals surface area contributed by atoms with Crippen molar-refractivity contribution in [1.29, 1.82) is 0 Å². The number of hydrogen-bond donors (Lipinski definition) is 2. The molecule has 1 aromatic rings. The molecule has 1 aliphatic heterocycles. The Morgan fingerprint density at radius 1 is 1.30 bits per heavy atom. The van der Waals surface area contributed by atoms with E-state index >= 15 is 0 Å². The van der Waals surface area contributed by atoms with Crippen LogP contribution >= 0.6 is 0 Å². The van der Waals surface area contributed by atoms with Crippen LogP contribution in [0.5, 0.6) is 0 Å². The molecule has 150 valence electrons. The Kier molecular flexibility index (Phi) is 8.25.